The van der Waals surface area contributed by atoms with Crippen molar-refractivity contribution in [3.05, 3.63) is 46.0 Å². The van der Waals surface area contributed by atoms with E-state index in [2.05, 4.69) is 15.4 Å². The molecule has 0 radical (unpaired) electrons. The third-order valence-electron chi connectivity index (χ3n) is 3.11. The minimum Gasteiger partial charge on any atom is -0.316 e. The third-order valence-corrected chi connectivity index (χ3v) is 3.85. The molecule has 1 aromatic carbocycles. The molecule has 1 atom stereocenters. The molecule has 102 valence electrons. The van der Waals surface area contributed by atoms with Crippen molar-refractivity contribution in [2.24, 2.45) is 7.05 Å². The van der Waals surface area contributed by atoms with Crippen molar-refractivity contribution in [1.29, 1.82) is 0 Å². The van der Waals surface area contributed by atoms with Crippen LogP contribution in [0, 0.1) is 0 Å². The number of likely N-dealkylation sites (N-methyl/N-ethyl adjacent to an activating group) is 1. The van der Waals surface area contributed by atoms with Gasteiger partial charge in [-0.3, -0.25) is 4.68 Å². The molecule has 0 fully saturated rings. The van der Waals surface area contributed by atoms with Gasteiger partial charge in [0.2, 0.25) is 0 Å². The molecule has 4 nitrogen and oxygen atoms in total. The van der Waals surface area contributed by atoms with Crippen LogP contribution < -0.4 is 5.32 Å². The van der Waals surface area contributed by atoms with Crippen molar-refractivity contribution in [2.45, 2.75) is 18.9 Å². The maximum absolute atomic E-state index is 6.03. The molecule has 1 unspecified atom stereocenters. The number of halogens is 2. The molecule has 0 amide bonds. The molecule has 2 rings (SSSR count). The number of aromatic nitrogens is 3. The highest BCUT2D eigenvalue weighted by molar-refractivity contribution is 6.42. The van der Waals surface area contributed by atoms with Crippen molar-refractivity contribution >= 4 is 23.2 Å². The summed E-state index contributed by atoms with van der Waals surface area (Å²) < 4.78 is 1.79. The second-order valence-corrected chi connectivity index (χ2v) is 5.26. The molecule has 1 aromatic heterocycles. The van der Waals surface area contributed by atoms with Gasteiger partial charge < -0.3 is 5.32 Å². The monoisotopic (exact) mass is 298 g/mol. The van der Waals surface area contributed by atoms with Gasteiger partial charge >= 0.3 is 0 Å². The number of hydrogen-bond donors (Lipinski definition) is 1. The van der Waals surface area contributed by atoms with Gasteiger partial charge in [0, 0.05) is 19.5 Å². The predicted octanol–water partition coefficient (Wildman–Crippen LogP) is 2.50. The van der Waals surface area contributed by atoms with E-state index in [0.717, 1.165) is 24.2 Å². The Morgan fingerprint density at radius 3 is 2.63 bits per heavy atom. The van der Waals surface area contributed by atoms with E-state index in [0.29, 0.717) is 10.0 Å². The van der Waals surface area contributed by atoms with Gasteiger partial charge in [-0.1, -0.05) is 29.3 Å². The Bertz CT molecular complexity index is 553. The molecule has 0 aliphatic carbocycles. The summed E-state index contributed by atoms with van der Waals surface area (Å²) in [5, 5.41) is 8.54. The lowest BCUT2D eigenvalue weighted by molar-refractivity contribution is 0.527. The van der Waals surface area contributed by atoms with E-state index in [-0.39, 0.29) is 6.04 Å². The molecule has 1 N–H and O–H groups in total. The average molecular weight is 299 g/mol. The van der Waals surface area contributed by atoms with Crippen molar-refractivity contribution in [3.8, 4) is 0 Å². The van der Waals surface area contributed by atoms with Crippen molar-refractivity contribution in [1.82, 2.24) is 20.1 Å². The zero-order valence-corrected chi connectivity index (χ0v) is 12.4. The fourth-order valence-electron chi connectivity index (χ4n) is 1.95. The minimum atomic E-state index is 0.278. The van der Waals surface area contributed by atoms with Crippen LogP contribution in [0.15, 0.2) is 24.5 Å². The van der Waals surface area contributed by atoms with Crippen LogP contribution in [-0.4, -0.2) is 27.9 Å². The fourth-order valence-corrected chi connectivity index (χ4v) is 2.27. The number of benzene rings is 1. The smallest absolute Gasteiger partial charge is 0.138 e. The predicted molar refractivity (Wildman–Crippen MR) is 77.7 cm³/mol. The third kappa shape index (κ3) is 3.69. The highest BCUT2D eigenvalue weighted by Crippen LogP contribution is 2.23. The van der Waals surface area contributed by atoms with E-state index in [1.54, 1.807) is 11.0 Å². The zero-order valence-electron chi connectivity index (χ0n) is 10.9. The van der Waals surface area contributed by atoms with E-state index in [4.69, 9.17) is 23.2 Å². The van der Waals surface area contributed by atoms with Crippen molar-refractivity contribution in [3.63, 3.8) is 0 Å². The first-order valence-corrected chi connectivity index (χ1v) is 6.80. The normalized spacial score (nSPS) is 12.6. The van der Waals surface area contributed by atoms with Crippen LogP contribution in [0.1, 0.15) is 11.4 Å². The van der Waals surface area contributed by atoms with Gasteiger partial charge in [0.1, 0.15) is 12.2 Å². The molecule has 6 heteroatoms. The summed E-state index contributed by atoms with van der Waals surface area (Å²) in [5.41, 5.74) is 1.15. The van der Waals surface area contributed by atoms with Crippen LogP contribution in [0.3, 0.4) is 0 Å². The van der Waals surface area contributed by atoms with Gasteiger partial charge in [0.15, 0.2) is 0 Å². The van der Waals surface area contributed by atoms with Gasteiger partial charge in [-0.15, -0.1) is 0 Å². The van der Waals surface area contributed by atoms with E-state index in [1.807, 2.05) is 32.3 Å². The van der Waals surface area contributed by atoms with Crippen LogP contribution in [-0.2, 0) is 19.9 Å². The van der Waals surface area contributed by atoms with Crippen LogP contribution in [0.5, 0.6) is 0 Å². The lowest BCUT2D eigenvalue weighted by Gasteiger charge is -2.16. The van der Waals surface area contributed by atoms with Gasteiger partial charge in [0.25, 0.3) is 0 Å². The maximum Gasteiger partial charge on any atom is 0.138 e. The fraction of sp³-hybridized carbons (Fsp3) is 0.385. The Morgan fingerprint density at radius 2 is 2.05 bits per heavy atom. The topological polar surface area (TPSA) is 42.7 Å². The Labute approximate surface area is 122 Å². The zero-order chi connectivity index (χ0) is 13.8. The number of nitrogens with zero attached hydrogens (tertiary/aromatic N) is 3. The van der Waals surface area contributed by atoms with Crippen LogP contribution in [0.4, 0.5) is 0 Å². The minimum absolute atomic E-state index is 0.278. The van der Waals surface area contributed by atoms with E-state index >= 15 is 0 Å². The first-order chi connectivity index (χ1) is 9.10. The number of hydrogen-bond acceptors (Lipinski definition) is 3. The summed E-state index contributed by atoms with van der Waals surface area (Å²) in [5.74, 6) is 0.958. The summed E-state index contributed by atoms with van der Waals surface area (Å²) in [6.45, 7) is 0. The molecule has 0 aliphatic rings. The molecule has 1 heterocycles. The van der Waals surface area contributed by atoms with Crippen molar-refractivity contribution < 1.29 is 0 Å². The quantitative estimate of drug-likeness (QED) is 0.922. The molecule has 2 aromatic rings. The molecule has 19 heavy (non-hydrogen) atoms. The van der Waals surface area contributed by atoms with Crippen molar-refractivity contribution in [2.75, 3.05) is 7.05 Å². The highest BCUT2D eigenvalue weighted by Gasteiger charge is 2.12. The molecular weight excluding hydrogens is 283 g/mol. The number of rotatable bonds is 5. The molecule has 0 aliphatic heterocycles. The second-order valence-electron chi connectivity index (χ2n) is 4.44. The van der Waals surface area contributed by atoms with Crippen LogP contribution in [0.2, 0.25) is 10.0 Å². The lowest BCUT2D eigenvalue weighted by Crippen LogP contribution is -2.31. The average Bonchev–Trinajstić information content (AvgIpc) is 2.78. The Kier molecular flexibility index (Phi) is 4.80. The lowest BCUT2D eigenvalue weighted by atomic mass is 10.0. The summed E-state index contributed by atoms with van der Waals surface area (Å²) >= 11 is 11.9. The standard InChI is InChI=1S/C13H16Cl2N4/c1-16-10(7-13-17-8-18-19(13)2)5-9-3-4-11(14)12(15)6-9/h3-4,6,8,10,16H,5,7H2,1-2H3. The molecule has 0 spiro atoms. The molecule has 0 bridgehead atoms. The number of nitrogens with one attached hydrogen (secondary N) is 1. The summed E-state index contributed by atoms with van der Waals surface area (Å²) in [7, 11) is 3.84. The Morgan fingerprint density at radius 1 is 1.26 bits per heavy atom. The van der Waals surface area contributed by atoms with Gasteiger partial charge in [0.05, 0.1) is 10.0 Å². The van der Waals surface area contributed by atoms with E-state index in [1.165, 1.54) is 0 Å². The SMILES string of the molecule is CNC(Cc1ccc(Cl)c(Cl)c1)Cc1ncnn1C. The van der Waals surface area contributed by atoms with Gasteiger partial charge in [-0.05, 0) is 31.2 Å². The maximum atomic E-state index is 6.03. The van der Waals surface area contributed by atoms with E-state index in [9.17, 15) is 0 Å². The Hall–Kier alpha value is -1.10. The summed E-state index contributed by atoms with van der Waals surface area (Å²) in [6.07, 6.45) is 3.24. The summed E-state index contributed by atoms with van der Waals surface area (Å²) in [4.78, 5) is 4.24. The van der Waals surface area contributed by atoms with Gasteiger partial charge in [-0.2, -0.15) is 5.10 Å². The van der Waals surface area contributed by atoms with E-state index < -0.39 is 0 Å². The molecule has 0 saturated carbocycles. The summed E-state index contributed by atoms with van der Waals surface area (Å²) in [6, 6.07) is 6.01. The first kappa shape index (κ1) is 14.3. The second kappa shape index (κ2) is 6.37. The Balaban J connectivity index is 2.06. The van der Waals surface area contributed by atoms with Gasteiger partial charge in [-0.25, -0.2) is 4.98 Å². The molecular formula is C13H16Cl2N4. The van der Waals surface area contributed by atoms with Crippen LogP contribution >= 0.6 is 23.2 Å². The van der Waals surface area contributed by atoms with Crippen LogP contribution in [0.25, 0.3) is 0 Å². The highest BCUT2D eigenvalue weighted by atomic mass is 35.5. The molecule has 0 saturated heterocycles. The largest absolute Gasteiger partial charge is 0.316 e. The first-order valence-electron chi connectivity index (χ1n) is 6.04. The number of aryl methyl sites for hydroxylation is 1.